The number of fused-ring (bicyclic) bond motifs is 8. The lowest BCUT2D eigenvalue weighted by atomic mass is 10.0. The van der Waals surface area contributed by atoms with Gasteiger partial charge in [0.25, 0.3) is 0 Å². The molecule has 0 unspecified atom stereocenters. The number of aromatic nitrogens is 4. The predicted octanol–water partition coefficient (Wildman–Crippen LogP) is 10.7. The van der Waals surface area contributed by atoms with Gasteiger partial charge < -0.3 is 25.3 Å². The Morgan fingerprint density at radius 1 is 0.346 bits per heavy atom. The fraction of sp³-hybridized carbons (Fsp3) is 0.0222. The van der Waals surface area contributed by atoms with E-state index in [1.807, 2.05) is 66.8 Å². The molecule has 0 aliphatic carbocycles. The van der Waals surface area contributed by atoms with Gasteiger partial charge in [-0.05, 0) is 114 Å². The Bertz CT molecular complexity index is 2360. The molecule has 7 nitrogen and oxygen atoms in total. The van der Waals surface area contributed by atoms with Crippen molar-refractivity contribution in [3.8, 4) is 61.8 Å². The Labute approximate surface area is 299 Å². The molecule has 3 aromatic heterocycles. The third kappa shape index (κ3) is 5.51. The van der Waals surface area contributed by atoms with Gasteiger partial charge in [0, 0.05) is 44.3 Å². The summed E-state index contributed by atoms with van der Waals surface area (Å²) in [5, 5.41) is 30.6. The standard InChI is InChI=1S/C45H32N4O3/c1-26-2-4-27(5-3-26)42-34-18-20-36(46-34)43(28-6-12-31(50)13-7-28)38-22-24-40(48-38)45(30-10-16-33(52)17-11-30)41-25-23-39(49-41)44(37-21-19-35(42)47-37)29-8-14-32(51)15-9-29/h2-25,46,49-52H,1H3. The molecule has 0 radical (unpaired) electrons. The Morgan fingerprint density at radius 3 is 0.865 bits per heavy atom. The number of phenolic OH excluding ortho intramolecular Hbond substituents is 3. The van der Waals surface area contributed by atoms with Gasteiger partial charge in [-0.25, -0.2) is 9.97 Å². The molecular formula is C45H32N4O3. The van der Waals surface area contributed by atoms with Crippen molar-refractivity contribution in [1.82, 2.24) is 19.9 Å². The minimum absolute atomic E-state index is 0.175. The second kappa shape index (κ2) is 12.3. The van der Waals surface area contributed by atoms with Crippen LogP contribution in [0.5, 0.6) is 17.2 Å². The van der Waals surface area contributed by atoms with Crippen molar-refractivity contribution in [1.29, 1.82) is 0 Å². The zero-order valence-corrected chi connectivity index (χ0v) is 28.1. The summed E-state index contributed by atoms with van der Waals surface area (Å²) in [4.78, 5) is 18.0. The molecule has 2 aliphatic heterocycles. The van der Waals surface area contributed by atoms with Crippen LogP contribution in [-0.2, 0) is 0 Å². The third-order valence-electron chi connectivity index (χ3n) is 9.56. The lowest BCUT2D eigenvalue weighted by molar-refractivity contribution is 0.475. The van der Waals surface area contributed by atoms with Gasteiger partial charge in [0.05, 0.1) is 22.8 Å². The lowest BCUT2D eigenvalue weighted by Gasteiger charge is -2.07. The Hall–Kier alpha value is -7.12. The zero-order chi connectivity index (χ0) is 35.3. The molecule has 0 saturated heterocycles. The summed E-state index contributed by atoms with van der Waals surface area (Å²) in [6.45, 7) is 2.08. The van der Waals surface area contributed by atoms with E-state index in [9.17, 15) is 15.3 Å². The van der Waals surface area contributed by atoms with Gasteiger partial charge in [-0.15, -0.1) is 0 Å². The number of nitrogens with zero attached hydrogens (tertiary/aromatic N) is 2. The first-order valence-electron chi connectivity index (χ1n) is 17.0. The van der Waals surface area contributed by atoms with Crippen LogP contribution in [-0.4, -0.2) is 35.3 Å². The van der Waals surface area contributed by atoms with Crippen molar-refractivity contribution in [3.63, 3.8) is 0 Å². The minimum Gasteiger partial charge on any atom is -0.508 e. The molecule has 0 fully saturated rings. The SMILES string of the molecule is Cc1ccc(-c2c3nc(c(-c4ccc(O)cc4)c4ccc([nH]4)c(-c4ccc(O)cc4)c4nc(c(-c5ccc(O)cc5)c5ccc2[nH]5)C=C4)C=C3)cc1. The quantitative estimate of drug-likeness (QED) is 0.127. The average molecular weight is 677 g/mol. The number of hydrogen-bond donors (Lipinski definition) is 5. The van der Waals surface area contributed by atoms with E-state index in [1.165, 1.54) is 0 Å². The lowest BCUT2D eigenvalue weighted by Crippen LogP contribution is -1.89. The maximum atomic E-state index is 10.2. The van der Waals surface area contributed by atoms with Crippen molar-refractivity contribution in [2.45, 2.75) is 6.92 Å². The summed E-state index contributed by atoms with van der Waals surface area (Å²) in [6, 6.07) is 38.1. The monoisotopic (exact) mass is 676 g/mol. The van der Waals surface area contributed by atoms with Gasteiger partial charge in [-0.3, -0.25) is 0 Å². The Balaban J connectivity index is 1.47. The van der Waals surface area contributed by atoms with Gasteiger partial charge in [-0.1, -0.05) is 66.2 Å². The van der Waals surface area contributed by atoms with Gasteiger partial charge >= 0.3 is 0 Å². The fourth-order valence-electron chi connectivity index (χ4n) is 7.02. The molecule has 52 heavy (non-hydrogen) atoms. The van der Waals surface area contributed by atoms with E-state index in [0.717, 1.165) is 94.9 Å². The highest BCUT2D eigenvalue weighted by molar-refractivity contribution is 5.99. The molecule has 8 bridgehead atoms. The molecule has 0 spiro atoms. The number of benzene rings is 4. The molecular weight excluding hydrogens is 645 g/mol. The zero-order valence-electron chi connectivity index (χ0n) is 28.1. The second-order valence-corrected chi connectivity index (χ2v) is 13.0. The number of H-pyrrole nitrogens is 2. The summed E-state index contributed by atoms with van der Waals surface area (Å²) in [5.41, 5.74) is 14.9. The highest BCUT2D eigenvalue weighted by Crippen LogP contribution is 2.39. The normalized spacial score (nSPS) is 12.0. The van der Waals surface area contributed by atoms with Crippen LogP contribution < -0.4 is 0 Å². The first-order chi connectivity index (χ1) is 25.4. The number of aryl methyl sites for hydroxylation is 1. The summed E-state index contributed by atoms with van der Waals surface area (Å²) in [6.07, 6.45) is 8.12. The maximum Gasteiger partial charge on any atom is 0.115 e. The first-order valence-corrected chi connectivity index (χ1v) is 17.0. The molecule has 0 atom stereocenters. The molecule has 250 valence electrons. The summed E-state index contributed by atoms with van der Waals surface area (Å²) in [5.74, 6) is 0.542. The van der Waals surface area contributed by atoms with E-state index in [0.29, 0.717) is 0 Å². The van der Waals surface area contributed by atoms with Crippen LogP contribution in [0.2, 0.25) is 0 Å². The van der Waals surface area contributed by atoms with Crippen molar-refractivity contribution in [2.24, 2.45) is 0 Å². The van der Waals surface area contributed by atoms with E-state index >= 15 is 0 Å². The fourth-order valence-corrected chi connectivity index (χ4v) is 7.02. The largest absolute Gasteiger partial charge is 0.508 e. The number of aromatic amines is 2. The number of hydrogen-bond acceptors (Lipinski definition) is 5. The molecule has 0 saturated carbocycles. The molecule has 4 aromatic carbocycles. The van der Waals surface area contributed by atoms with Crippen LogP contribution in [0.25, 0.3) is 90.9 Å². The Morgan fingerprint density at radius 2 is 0.596 bits per heavy atom. The van der Waals surface area contributed by atoms with Crippen LogP contribution in [0.3, 0.4) is 0 Å². The van der Waals surface area contributed by atoms with Crippen LogP contribution in [0.1, 0.15) is 28.3 Å². The first kappa shape index (κ1) is 30.9. The molecule has 0 amide bonds. The number of aromatic hydroxyl groups is 3. The van der Waals surface area contributed by atoms with E-state index in [-0.39, 0.29) is 17.2 Å². The molecule has 5 heterocycles. The highest BCUT2D eigenvalue weighted by atomic mass is 16.3. The van der Waals surface area contributed by atoms with Crippen molar-refractivity contribution in [2.75, 3.05) is 0 Å². The Kier molecular flexibility index (Phi) is 7.33. The summed E-state index contributed by atoms with van der Waals surface area (Å²) < 4.78 is 0. The smallest absolute Gasteiger partial charge is 0.115 e. The minimum atomic E-state index is 0.175. The molecule has 2 aliphatic rings. The number of phenols is 3. The number of rotatable bonds is 4. The van der Waals surface area contributed by atoms with Gasteiger partial charge in [0.1, 0.15) is 17.2 Å². The van der Waals surface area contributed by atoms with Crippen LogP contribution in [0.15, 0.2) is 121 Å². The number of nitrogens with one attached hydrogen (secondary N) is 2. The highest BCUT2D eigenvalue weighted by Gasteiger charge is 2.19. The van der Waals surface area contributed by atoms with E-state index in [2.05, 4.69) is 59.4 Å². The van der Waals surface area contributed by atoms with E-state index in [1.54, 1.807) is 36.4 Å². The van der Waals surface area contributed by atoms with Crippen LogP contribution in [0, 0.1) is 6.92 Å². The van der Waals surface area contributed by atoms with Crippen LogP contribution in [0.4, 0.5) is 0 Å². The molecule has 7 heteroatoms. The van der Waals surface area contributed by atoms with Crippen molar-refractivity contribution in [3.05, 3.63) is 150 Å². The summed E-state index contributed by atoms with van der Waals surface area (Å²) >= 11 is 0. The van der Waals surface area contributed by atoms with Gasteiger partial charge in [-0.2, -0.15) is 0 Å². The third-order valence-corrected chi connectivity index (χ3v) is 9.56. The summed E-state index contributed by atoms with van der Waals surface area (Å²) in [7, 11) is 0. The molecule has 7 aromatic rings. The van der Waals surface area contributed by atoms with Crippen molar-refractivity contribution < 1.29 is 15.3 Å². The van der Waals surface area contributed by atoms with E-state index in [4.69, 9.17) is 9.97 Å². The maximum absolute atomic E-state index is 10.2. The van der Waals surface area contributed by atoms with Crippen LogP contribution >= 0.6 is 0 Å². The predicted molar refractivity (Wildman–Crippen MR) is 210 cm³/mol. The molecule has 5 N–H and O–H groups in total. The topological polar surface area (TPSA) is 118 Å². The average Bonchev–Trinajstić information content (AvgIpc) is 3.99. The van der Waals surface area contributed by atoms with Gasteiger partial charge in [0.15, 0.2) is 0 Å². The molecule has 9 rings (SSSR count). The van der Waals surface area contributed by atoms with Gasteiger partial charge in [0.2, 0.25) is 0 Å². The van der Waals surface area contributed by atoms with Crippen molar-refractivity contribution >= 4 is 46.4 Å². The second-order valence-electron chi connectivity index (χ2n) is 13.0. The van der Waals surface area contributed by atoms with E-state index < -0.39 is 0 Å².